The minimum Gasteiger partial charge on any atom is -0.352 e. The van der Waals surface area contributed by atoms with E-state index in [1.165, 1.54) is 10.8 Å². The molecule has 1 fully saturated rings. The summed E-state index contributed by atoms with van der Waals surface area (Å²) in [5.41, 5.74) is 2.62. The molecular weight excluding hydrogens is 374 g/mol. The number of pyridine rings is 1. The minimum absolute atomic E-state index is 0.0504. The highest BCUT2D eigenvalue weighted by Gasteiger charge is 2.23. The highest BCUT2D eigenvalue weighted by molar-refractivity contribution is 5.96. The monoisotopic (exact) mass is 395 g/mol. The van der Waals surface area contributed by atoms with Crippen LogP contribution in [0.2, 0.25) is 0 Å². The lowest BCUT2D eigenvalue weighted by Crippen LogP contribution is -2.49. The maximum atomic E-state index is 12.6. The number of hydrogen-bond acceptors (Lipinski definition) is 5. The molecule has 5 rings (SSSR count). The molecule has 30 heavy (non-hydrogen) atoms. The van der Waals surface area contributed by atoms with Gasteiger partial charge in [0, 0.05) is 49.7 Å². The molecule has 6 nitrogen and oxygen atoms in total. The molecule has 0 atom stereocenters. The van der Waals surface area contributed by atoms with Crippen molar-refractivity contribution in [2.75, 3.05) is 31.1 Å². The Bertz CT molecular complexity index is 1160. The summed E-state index contributed by atoms with van der Waals surface area (Å²) >= 11 is 0. The fourth-order valence-corrected chi connectivity index (χ4v) is 3.90. The van der Waals surface area contributed by atoms with Crippen LogP contribution in [0.3, 0.4) is 0 Å². The van der Waals surface area contributed by atoms with Gasteiger partial charge in [0.05, 0.1) is 5.69 Å². The number of fused-ring (bicyclic) bond motifs is 1. The van der Waals surface area contributed by atoms with Gasteiger partial charge in [-0.1, -0.05) is 42.5 Å². The molecule has 0 radical (unpaired) electrons. The highest BCUT2D eigenvalue weighted by Crippen LogP contribution is 2.27. The number of nitrogens with zero attached hydrogens (tertiary/aromatic N) is 5. The molecule has 0 saturated carbocycles. The average Bonchev–Trinajstić information content (AvgIpc) is 2.84. The lowest BCUT2D eigenvalue weighted by atomic mass is 10.0. The largest absolute Gasteiger partial charge is 0.352 e. The zero-order chi connectivity index (χ0) is 20.3. The zero-order valence-corrected chi connectivity index (χ0v) is 16.5. The van der Waals surface area contributed by atoms with Crippen molar-refractivity contribution in [2.24, 2.45) is 0 Å². The summed E-state index contributed by atoms with van der Waals surface area (Å²) in [5, 5.41) is 11.3. The number of anilines is 1. The van der Waals surface area contributed by atoms with Crippen LogP contribution < -0.4 is 4.90 Å². The van der Waals surface area contributed by atoms with E-state index in [1.54, 1.807) is 24.5 Å². The van der Waals surface area contributed by atoms with Gasteiger partial charge in [-0.25, -0.2) is 0 Å². The van der Waals surface area contributed by atoms with E-state index in [1.807, 2.05) is 35.2 Å². The van der Waals surface area contributed by atoms with Crippen molar-refractivity contribution in [1.82, 2.24) is 20.1 Å². The molecule has 1 aliphatic heterocycles. The first-order valence-electron chi connectivity index (χ1n) is 10.1. The second kappa shape index (κ2) is 7.91. The van der Waals surface area contributed by atoms with E-state index in [4.69, 9.17) is 0 Å². The fourth-order valence-electron chi connectivity index (χ4n) is 3.90. The van der Waals surface area contributed by atoms with Crippen molar-refractivity contribution in [2.45, 2.75) is 0 Å². The Morgan fingerprint density at radius 2 is 1.53 bits per heavy atom. The van der Waals surface area contributed by atoms with Crippen LogP contribution in [0.5, 0.6) is 0 Å². The molecule has 0 aliphatic carbocycles. The van der Waals surface area contributed by atoms with Gasteiger partial charge in [-0.05, 0) is 35.0 Å². The summed E-state index contributed by atoms with van der Waals surface area (Å²) in [6.07, 6.45) is 3.30. The molecule has 2 aromatic carbocycles. The number of carbonyl (C=O) groups excluding carboxylic acids is 1. The molecule has 3 heterocycles. The van der Waals surface area contributed by atoms with Crippen molar-refractivity contribution in [3.05, 3.63) is 84.7 Å². The van der Waals surface area contributed by atoms with E-state index < -0.39 is 0 Å². The Hall–Kier alpha value is -3.80. The van der Waals surface area contributed by atoms with E-state index in [0.717, 1.165) is 30.2 Å². The smallest absolute Gasteiger partial charge is 0.254 e. The highest BCUT2D eigenvalue weighted by atomic mass is 16.2. The SMILES string of the molecule is O=C(c1ccncc1)N1CCN(c2ccc(-c3cccc4ccccc34)nn2)CC1. The normalized spacial score (nSPS) is 14.1. The van der Waals surface area contributed by atoms with Crippen LogP contribution in [0.15, 0.2) is 79.1 Å². The lowest BCUT2D eigenvalue weighted by molar-refractivity contribution is 0.0746. The van der Waals surface area contributed by atoms with Gasteiger partial charge >= 0.3 is 0 Å². The maximum Gasteiger partial charge on any atom is 0.254 e. The fraction of sp³-hybridized carbons (Fsp3) is 0.167. The van der Waals surface area contributed by atoms with Crippen LogP contribution >= 0.6 is 0 Å². The van der Waals surface area contributed by atoms with Gasteiger partial charge in [0.15, 0.2) is 5.82 Å². The molecule has 4 aromatic rings. The van der Waals surface area contributed by atoms with Crippen LogP contribution in [-0.2, 0) is 0 Å². The van der Waals surface area contributed by atoms with Crippen LogP contribution in [0.4, 0.5) is 5.82 Å². The number of hydrogen-bond donors (Lipinski definition) is 0. The molecule has 1 aliphatic rings. The van der Waals surface area contributed by atoms with Gasteiger partial charge < -0.3 is 9.80 Å². The topological polar surface area (TPSA) is 62.2 Å². The van der Waals surface area contributed by atoms with Gasteiger partial charge in [-0.15, -0.1) is 10.2 Å². The zero-order valence-electron chi connectivity index (χ0n) is 16.5. The van der Waals surface area contributed by atoms with E-state index in [-0.39, 0.29) is 5.91 Å². The molecule has 0 spiro atoms. The van der Waals surface area contributed by atoms with E-state index >= 15 is 0 Å². The van der Waals surface area contributed by atoms with E-state index in [0.29, 0.717) is 18.7 Å². The van der Waals surface area contributed by atoms with Crippen molar-refractivity contribution in [3.63, 3.8) is 0 Å². The van der Waals surface area contributed by atoms with Crippen LogP contribution in [0.25, 0.3) is 22.0 Å². The standard InChI is InChI=1S/C24H21N5O/c30-24(19-10-12-25-13-11-19)29-16-14-28(15-17-29)23-9-8-22(26-27-23)21-7-3-5-18-4-1-2-6-20(18)21/h1-13H,14-17H2. The lowest BCUT2D eigenvalue weighted by Gasteiger charge is -2.35. The number of carbonyl (C=O) groups is 1. The van der Waals surface area contributed by atoms with Crippen LogP contribution in [-0.4, -0.2) is 52.2 Å². The quantitative estimate of drug-likeness (QED) is 0.530. The third-order valence-electron chi connectivity index (χ3n) is 5.53. The van der Waals surface area contributed by atoms with Crippen molar-refractivity contribution >= 4 is 22.5 Å². The van der Waals surface area contributed by atoms with Crippen molar-refractivity contribution < 1.29 is 4.79 Å². The Labute approximate surface area is 174 Å². The molecule has 148 valence electrons. The van der Waals surface area contributed by atoms with E-state index in [2.05, 4.69) is 44.3 Å². The molecular formula is C24H21N5O. The average molecular weight is 395 g/mol. The summed E-state index contributed by atoms with van der Waals surface area (Å²) in [5.74, 6) is 0.893. The molecule has 1 saturated heterocycles. The Morgan fingerprint density at radius 1 is 0.767 bits per heavy atom. The summed E-state index contributed by atoms with van der Waals surface area (Å²) < 4.78 is 0. The third-order valence-corrected chi connectivity index (χ3v) is 5.53. The number of aromatic nitrogens is 3. The van der Waals surface area contributed by atoms with Crippen molar-refractivity contribution in [1.29, 1.82) is 0 Å². The number of piperazine rings is 1. The Morgan fingerprint density at radius 3 is 2.30 bits per heavy atom. The Kier molecular flexibility index (Phi) is 4.81. The summed E-state index contributed by atoms with van der Waals surface area (Å²) in [7, 11) is 0. The predicted molar refractivity (Wildman–Crippen MR) is 117 cm³/mol. The molecule has 0 bridgehead atoms. The van der Waals surface area contributed by atoms with Gasteiger partial charge in [0.1, 0.15) is 0 Å². The summed E-state index contributed by atoms with van der Waals surface area (Å²) in [4.78, 5) is 20.6. The number of benzene rings is 2. The predicted octanol–water partition coefficient (Wildman–Crippen LogP) is 3.65. The molecule has 1 amide bonds. The Balaban J connectivity index is 1.29. The molecule has 0 N–H and O–H groups in total. The third kappa shape index (κ3) is 3.48. The van der Waals surface area contributed by atoms with Crippen LogP contribution in [0, 0.1) is 0 Å². The first-order chi connectivity index (χ1) is 14.8. The summed E-state index contributed by atoms with van der Waals surface area (Å²) in [6.45, 7) is 2.79. The number of rotatable bonds is 3. The first kappa shape index (κ1) is 18.2. The second-order valence-corrected chi connectivity index (χ2v) is 7.32. The van der Waals surface area contributed by atoms with E-state index in [9.17, 15) is 4.79 Å². The molecule has 0 unspecified atom stereocenters. The van der Waals surface area contributed by atoms with Gasteiger partial charge in [-0.3, -0.25) is 9.78 Å². The van der Waals surface area contributed by atoms with Gasteiger partial charge in [0.25, 0.3) is 5.91 Å². The van der Waals surface area contributed by atoms with Gasteiger partial charge in [-0.2, -0.15) is 0 Å². The van der Waals surface area contributed by atoms with Crippen molar-refractivity contribution in [3.8, 4) is 11.3 Å². The second-order valence-electron chi connectivity index (χ2n) is 7.32. The number of amides is 1. The van der Waals surface area contributed by atoms with Crippen LogP contribution in [0.1, 0.15) is 10.4 Å². The summed E-state index contributed by atoms with van der Waals surface area (Å²) in [6, 6.07) is 22.1. The molecule has 6 heteroatoms. The minimum atomic E-state index is 0.0504. The van der Waals surface area contributed by atoms with Gasteiger partial charge in [0.2, 0.25) is 0 Å². The first-order valence-corrected chi connectivity index (χ1v) is 10.1. The maximum absolute atomic E-state index is 12.6. The molecule has 2 aromatic heterocycles.